The van der Waals surface area contributed by atoms with Gasteiger partial charge in [0.05, 0.1) is 0 Å². The molecule has 1 heteroatoms. The SMILES string of the molecule is CCC[C@H]1CC[C@H](C2CCC(/C=C/[C@H]3CC[C@H](c4ccc(F)cc4)CC3)CC2)CC1. The van der Waals surface area contributed by atoms with Crippen LogP contribution in [0, 0.1) is 35.4 Å². The lowest BCUT2D eigenvalue weighted by Gasteiger charge is -2.37. The molecule has 0 radical (unpaired) electrons. The maximum atomic E-state index is 13.2. The van der Waals surface area contributed by atoms with E-state index in [-0.39, 0.29) is 5.82 Å². The molecule has 0 heterocycles. The smallest absolute Gasteiger partial charge is 0.123 e. The molecule has 1 aromatic rings. The van der Waals surface area contributed by atoms with Gasteiger partial charge in [0.1, 0.15) is 5.82 Å². The van der Waals surface area contributed by atoms with E-state index >= 15 is 0 Å². The fourth-order valence-electron chi connectivity index (χ4n) is 6.86. The minimum atomic E-state index is -0.116. The first-order valence-corrected chi connectivity index (χ1v) is 13.1. The zero-order valence-corrected chi connectivity index (χ0v) is 19.2. The molecule has 0 saturated heterocycles. The maximum absolute atomic E-state index is 13.2. The van der Waals surface area contributed by atoms with Crippen molar-refractivity contribution in [2.45, 2.75) is 103 Å². The summed E-state index contributed by atoms with van der Waals surface area (Å²) in [6.45, 7) is 2.35. The lowest BCUT2D eigenvalue weighted by atomic mass is 9.68. The van der Waals surface area contributed by atoms with Crippen molar-refractivity contribution in [3.8, 4) is 0 Å². The summed E-state index contributed by atoms with van der Waals surface area (Å²) in [4.78, 5) is 0. The quantitative estimate of drug-likeness (QED) is 0.410. The molecule has 0 nitrogen and oxygen atoms in total. The number of allylic oxidation sites excluding steroid dienone is 2. The van der Waals surface area contributed by atoms with Gasteiger partial charge in [0, 0.05) is 0 Å². The molecule has 0 spiro atoms. The van der Waals surface area contributed by atoms with Crippen molar-refractivity contribution >= 4 is 0 Å². The normalized spacial score (nSPS) is 35.5. The van der Waals surface area contributed by atoms with E-state index in [2.05, 4.69) is 19.1 Å². The Morgan fingerprint density at radius 2 is 1.20 bits per heavy atom. The fraction of sp³-hybridized carbons (Fsp3) is 0.724. The van der Waals surface area contributed by atoms with Crippen molar-refractivity contribution in [3.05, 3.63) is 47.8 Å². The Morgan fingerprint density at radius 3 is 1.73 bits per heavy atom. The second-order valence-electron chi connectivity index (χ2n) is 10.8. The molecule has 0 N–H and O–H groups in total. The van der Waals surface area contributed by atoms with Gasteiger partial charge in [-0.2, -0.15) is 0 Å². The van der Waals surface area contributed by atoms with Crippen LogP contribution in [0.1, 0.15) is 108 Å². The highest BCUT2D eigenvalue weighted by Crippen LogP contribution is 2.43. The van der Waals surface area contributed by atoms with Crippen LogP contribution in [0.25, 0.3) is 0 Å². The third-order valence-electron chi connectivity index (χ3n) is 8.84. The molecule has 3 fully saturated rings. The average Bonchev–Trinajstić information content (AvgIpc) is 2.80. The van der Waals surface area contributed by atoms with Crippen LogP contribution in [0.15, 0.2) is 36.4 Å². The molecule has 0 aromatic heterocycles. The highest BCUT2D eigenvalue weighted by Gasteiger charge is 2.30. The van der Waals surface area contributed by atoms with E-state index in [1.807, 2.05) is 12.1 Å². The molecule has 166 valence electrons. The third-order valence-corrected chi connectivity index (χ3v) is 8.84. The molecule has 0 aliphatic heterocycles. The van der Waals surface area contributed by atoms with Gasteiger partial charge in [-0.05, 0) is 117 Å². The highest BCUT2D eigenvalue weighted by atomic mass is 19.1. The maximum Gasteiger partial charge on any atom is 0.123 e. The number of hydrogen-bond acceptors (Lipinski definition) is 0. The Morgan fingerprint density at radius 1 is 0.700 bits per heavy atom. The van der Waals surface area contributed by atoms with Crippen molar-refractivity contribution in [2.24, 2.45) is 29.6 Å². The number of rotatable bonds is 6. The van der Waals surface area contributed by atoms with Crippen LogP contribution in [0.4, 0.5) is 4.39 Å². The predicted octanol–water partition coefficient (Wildman–Crippen LogP) is 9.07. The van der Waals surface area contributed by atoms with Gasteiger partial charge >= 0.3 is 0 Å². The summed E-state index contributed by atoms with van der Waals surface area (Å²) >= 11 is 0. The van der Waals surface area contributed by atoms with Gasteiger partial charge in [0.15, 0.2) is 0 Å². The lowest BCUT2D eigenvalue weighted by molar-refractivity contribution is 0.152. The topological polar surface area (TPSA) is 0 Å². The molecular formula is C29H43F. The van der Waals surface area contributed by atoms with E-state index in [0.717, 1.165) is 29.6 Å². The first-order chi connectivity index (χ1) is 14.7. The molecule has 30 heavy (non-hydrogen) atoms. The number of halogens is 1. The fourth-order valence-corrected chi connectivity index (χ4v) is 6.86. The first kappa shape index (κ1) is 22.1. The molecule has 3 aliphatic carbocycles. The Labute approximate surface area is 184 Å². The standard InChI is InChI=1S/C29H43F/c1-2-3-22-6-12-25(13-7-22)26-14-8-23(9-15-26)4-5-24-10-16-27(17-11-24)28-18-20-29(30)21-19-28/h4-5,18-27H,2-3,6-17H2,1H3/b5-4+/t22-,23?,24-,25-,26?,27-. The van der Waals surface area contributed by atoms with Crippen molar-refractivity contribution in [1.82, 2.24) is 0 Å². The molecule has 0 atom stereocenters. The Kier molecular flexibility index (Phi) is 8.07. The Bertz CT molecular complexity index is 635. The molecule has 4 rings (SSSR count). The first-order valence-electron chi connectivity index (χ1n) is 13.1. The Balaban J connectivity index is 1.16. The second-order valence-corrected chi connectivity index (χ2v) is 10.8. The second kappa shape index (κ2) is 11.0. The van der Waals surface area contributed by atoms with E-state index in [4.69, 9.17) is 0 Å². The van der Waals surface area contributed by atoms with E-state index in [1.165, 1.54) is 95.5 Å². The molecular weight excluding hydrogens is 367 g/mol. The monoisotopic (exact) mass is 410 g/mol. The predicted molar refractivity (Wildman–Crippen MR) is 126 cm³/mol. The summed E-state index contributed by atoms with van der Waals surface area (Å²) in [7, 11) is 0. The largest absolute Gasteiger partial charge is 0.207 e. The van der Waals surface area contributed by atoms with Crippen LogP contribution >= 0.6 is 0 Å². The van der Waals surface area contributed by atoms with Gasteiger partial charge in [0.2, 0.25) is 0 Å². The van der Waals surface area contributed by atoms with E-state index < -0.39 is 0 Å². The minimum Gasteiger partial charge on any atom is -0.207 e. The van der Waals surface area contributed by atoms with Gasteiger partial charge in [0.25, 0.3) is 0 Å². The van der Waals surface area contributed by atoms with Crippen molar-refractivity contribution in [3.63, 3.8) is 0 Å². The zero-order valence-electron chi connectivity index (χ0n) is 19.2. The van der Waals surface area contributed by atoms with Gasteiger partial charge in [-0.3, -0.25) is 0 Å². The number of benzene rings is 1. The van der Waals surface area contributed by atoms with Gasteiger partial charge in [-0.25, -0.2) is 4.39 Å². The van der Waals surface area contributed by atoms with Gasteiger partial charge in [-0.15, -0.1) is 0 Å². The lowest BCUT2D eigenvalue weighted by Crippen LogP contribution is -2.25. The molecule has 0 unspecified atom stereocenters. The van der Waals surface area contributed by atoms with Crippen LogP contribution in [0.5, 0.6) is 0 Å². The summed E-state index contributed by atoms with van der Waals surface area (Å²) in [5.41, 5.74) is 1.33. The molecule has 0 bridgehead atoms. The average molecular weight is 411 g/mol. The zero-order chi connectivity index (χ0) is 20.8. The molecule has 3 aliphatic rings. The van der Waals surface area contributed by atoms with Crippen LogP contribution in [0.2, 0.25) is 0 Å². The van der Waals surface area contributed by atoms with Crippen molar-refractivity contribution in [1.29, 1.82) is 0 Å². The van der Waals surface area contributed by atoms with Gasteiger partial charge < -0.3 is 0 Å². The van der Waals surface area contributed by atoms with Crippen LogP contribution < -0.4 is 0 Å². The Hall–Kier alpha value is -1.11. The molecule has 0 amide bonds. The van der Waals surface area contributed by atoms with E-state index in [1.54, 1.807) is 12.1 Å². The van der Waals surface area contributed by atoms with Crippen LogP contribution in [0.3, 0.4) is 0 Å². The van der Waals surface area contributed by atoms with Crippen molar-refractivity contribution < 1.29 is 4.39 Å². The highest BCUT2D eigenvalue weighted by molar-refractivity contribution is 5.21. The number of hydrogen-bond donors (Lipinski definition) is 0. The third kappa shape index (κ3) is 5.98. The van der Waals surface area contributed by atoms with Crippen LogP contribution in [-0.2, 0) is 0 Å². The molecule has 1 aromatic carbocycles. The molecule has 3 saturated carbocycles. The minimum absolute atomic E-state index is 0.116. The van der Waals surface area contributed by atoms with E-state index in [9.17, 15) is 4.39 Å². The summed E-state index contributed by atoms with van der Waals surface area (Å²) in [6, 6.07) is 7.22. The van der Waals surface area contributed by atoms with Crippen molar-refractivity contribution in [2.75, 3.05) is 0 Å². The summed E-state index contributed by atoms with van der Waals surface area (Å²) in [5.74, 6) is 5.25. The van der Waals surface area contributed by atoms with Gasteiger partial charge in [-0.1, -0.05) is 56.9 Å². The summed E-state index contributed by atoms with van der Waals surface area (Å²) < 4.78 is 13.2. The summed E-state index contributed by atoms with van der Waals surface area (Å²) in [6.07, 6.45) is 25.0. The van der Waals surface area contributed by atoms with E-state index in [0.29, 0.717) is 5.92 Å². The summed E-state index contributed by atoms with van der Waals surface area (Å²) in [5, 5.41) is 0. The van der Waals surface area contributed by atoms with Crippen LogP contribution in [-0.4, -0.2) is 0 Å².